The Labute approximate surface area is 155 Å². The summed E-state index contributed by atoms with van der Waals surface area (Å²) >= 11 is 0. The molecule has 0 aliphatic heterocycles. The van der Waals surface area contributed by atoms with Crippen molar-refractivity contribution in [2.75, 3.05) is 0 Å². The first kappa shape index (κ1) is 18.6. The number of allylic oxidation sites excluding steroid dienone is 4. The van der Waals surface area contributed by atoms with E-state index in [1.165, 1.54) is 24.5 Å². The number of hydrogen-bond donors (Lipinski definition) is 0. The van der Waals surface area contributed by atoms with Crippen molar-refractivity contribution in [3.63, 3.8) is 0 Å². The second-order valence-electron chi connectivity index (χ2n) is 7.10. The highest BCUT2D eigenvalue weighted by atomic mass is 19.2. The molecule has 0 heterocycles. The van der Waals surface area contributed by atoms with Gasteiger partial charge in [-0.2, -0.15) is 0 Å². The third kappa shape index (κ3) is 3.65. The maximum atomic E-state index is 16.1. The highest BCUT2D eigenvalue weighted by Crippen LogP contribution is 2.46. The maximum Gasteiger partial charge on any atom is 0.196 e. The summed E-state index contributed by atoms with van der Waals surface area (Å²) in [7, 11) is 0. The number of aryl methyl sites for hydroxylation is 2. The largest absolute Gasteiger partial charge is 0.239 e. The van der Waals surface area contributed by atoms with E-state index in [2.05, 4.69) is 6.92 Å². The minimum Gasteiger partial charge on any atom is -0.239 e. The van der Waals surface area contributed by atoms with E-state index in [9.17, 15) is 4.39 Å². The predicted molar refractivity (Wildman–Crippen MR) is 106 cm³/mol. The number of benzene rings is 2. The lowest BCUT2D eigenvalue weighted by Crippen LogP contribution is -2.34. The Bertz CT molecular complexity index is 784. The van der Waals surface area contributed by atoms with Gasteiger partial charge in [0.25, 0.3) is 0 Å². The van der Waals surface area contributed by atoms with Crippen LogP contribution in [0.3, 0.4) is 0 Å². The Morgan fingerprint density at radius 3 is 2.31 bits per heavy atom. The predicted octanol–water partition coefficient (Wildman–Crippen LogP) is 6.88. The Morgan fingerprint density at radius 2 is 1.65 bits per heavy atom. The van der Waals surface area contributed by atoms with Crippen molar-refractivity contribution >= 4 is 5.57 Å². The molecule has 0 aromatic heterocycles. The first-order valence-corrected chi connectivity index (χ1v) is 9.44. The Hall–Kier alpha value is -2.22. The van der Waals surface area contributed by atoms with Crippen molar-refractivity contribution in [2.24, 2.45) is 0 Å². The molecule has 0 spiro atoms. The molecule has 0 nitrogen and oxygen atoms in total. The first-order valence-electron chi connectivity index (χ1n) is 9.44. The molecule has 0 saturated carbocycles. The highest BCUT2D eigenvalue weighted by molar-refractivity contribution is 5.77. The van der Waals surface area contributed by atoms with Crippen LogP contribution in [0.2, 0.25) is 0 Å². The van der Waals surface area contributed by atoms with Crippen LogP contribution in [0.25, 0.3) is 5.57 Å². The molecule has 2 aromatic carbocycles. The standard InChI is InChI=1S/C24H26F2/c1-3-4-5-7-19-12-16-21(17-13-19)24(26)22(8-6-9-23(24)25)20-14-10-18(2)11-15-20/h6,8-17,23H,3-5,7H2,1-2H3. The molecule has 0 bridgehead atoms. The summed E-state index contributed by atoms with van der Waals surface area (Å²) in [5.41, 5.74) is 1.59. The van der Waals surface area contributed by atoms with Gasteiger partial charge in [-0.15, -0.1) is 0 Å². The molecule has 0 fully saturated rings. The topological polar surface area (TPSA) is 0 Å². The van der Waals surface area contributed by atoms with Gasteiger partial charge in [-0.25, -0.2) is 8.78 Å². The molecule has 0 N–H and O–H groups in total. The third-order valence-corrected chi connectivity index (χ3v) is 5.12. The molecule has 1 aliphatic rings. The molecule has 2 heteroatoms. The molecule has 0 saturated heterocycles. The summed E-state index contributed by atoms with van der Waals surface area (Å²) in [5.74, 6) is 0. The van der Waals surface area contributed by atoms with E-state index >= 15 is 4.39 Å². The van der Waals surface area contributed by atoms with Crippen LogP contribution in [0.1, 0.15) is 48.4 Å². The summed E-state index contributed by atoms with van der Waals surface area (Å²) in [6.07, 6.45) is 7.36. The fraction of sp³-hybridized carbons (Fsp3) is 0.333. The van der Waals surface area contributed by atoms with Crippen LogP contribution in [0.4, 0.5) is 8.78 Å². The molecular weight excluding hydrogens is 326 g/mol. The summed E-state index contributed by atoms with van der Waals surface area (Å²) < 4.78 is 30.9. The van der Waals surface area contributed by atoms with Gasteiger partial charge in [0.1, 0.15) is 0 Å². The zero-order chi connectivity index (χ0) is 18.6. The lowest BCUT2D eigenvalue weighted by atomic mass is 9.77. The summed E-state index contributed by atoms with van der Waals surface area (Å²) in [6.45, 7) is 4.16. The van der Waals surface area contributed by atoms with Crippen LogP contribution in [0.15, 0.2) is 66.8 Å². The second-order valence-corrected chi connectivity index (χ2v) is 7.10. The number of hydrogen-bond acceptors (Lipinski definition) is 0. The van der Waals surface area contributed by atoms with E-state index in [0.29, 0.717) is 11.1 Å². The van der Waals surface area contributed by atoms with Crippen molar-refractivity contribution in [1.29, 1.82) is 0 Å². The van der Waals surface area contributed by atoms with Gasteiger partial charge in [0, 0.05) is 5.57 Å². The smallest absolute Gasteiger partial charge is 0.196 e. The molecule has 2 unspecified atom stereocenters. The third-order valence-electron chi connectivity index (χ3n) is 5.12. The Kier molecular flexibility index (Phi) is 5.70. The van der Waals surface area contributed by atoms with E-state index in [4.69, 9.17) is 0 Å². The van der Waals surface area contributed by atoms with E-state index < -0.39 is 11.8 Å². The van der Waals surface area contributed by atoms with Crippen LogP contribution in [0.5, 0.6) is 0 Å². The number of rotatable bonds is 6. The van der Waals surface area contributed by atoms with Crippen molar-refractivity contribution in [2.45, 2.75) is 51.4 Å². The van der Waals surface area contributed by atoms with Gasteiger partial charge >= 0.3 is 0 Å². The average molecular weight is 352 g/mol. The van der Waals surface area contributed by atoms with Gasteiger partial charge in [-0.1, -0.05) is 86.0 Å². The maximum absolute atomic E-state index is 16.1. The molecule has 0 radical (unpaired) electrons. The second kappa shape index (κ2) is 7.99. The minimum absolute atomic E-state index is 0.375. The fourth-order valence-electron chi connectivity index (χ4n) is 3.50. The average Bonchev–Trinajstić information content (AvgIpc) is 2.66. The SMILES string of the molecule is CCCCCc1ccc(C2(F)C(c3ccc(C)cc3)=CC=CC2F)cc1. The van der Waals surface area contributed by atoms with Gasteiger partial charge < -0.3 is 0 Å². The normalized spacial score (nSPS) is 22.3. The molecule has 2 aromatic rings. The molecule has 1 aliphatic carbocycles. The van der Waals surface area contributed by atoms with Gasteiger partial charge in [0.05, 0.1) is 0 Å². The van der Waals surface area contributed by atoms with Gasteiger partial charge in [0.15, 0.2) is 11.8 Å². The van der Waals surface area contributed by atoms with E-state index in [-0.39, 0.29) is 0 Å². The minimum atomic E-state index is -2.16. The molecule has 3 rings (SSSR count). The van der Waals surface area contributed by atoms with Gasteiger partial charge in [-0.3, -0.25) is 0 Å². The summed E-state index contributed by atoms with van der Waals surface area (Å²) in [5, 5.41) is 0. The summed E-state index contributed by atoms with van der Waals surface area (Å²) in [6, 6.07) is 14.9. The van der Waals surface area contributed by atoms with Crippen LogP contribution in [-0.4, -0.2) is 6.17 Å². The Balaban J connectivity index is 1.93. The van der Waals surface area contributed by atoms with Crippen molar-refractivity contribution in [3.8, 4) is 0 Å². The van der Waals surface area contributed by atoms with E-state index in [1.54, 1.807) is 24.3 Å². The molecular formula is C24H26F2. The Morgan fingerprint density at radius 1 is 0.962 bits per heavy atom. The van der Waals surface area contributed by atoms with Crippen molar-refractivity contribution in [3.05, 3.63) is 89.0 Å². The highest BCUT2D eigenvalue weighted by Gasteiger charge is 2.45. The molecule has 2 atom stereocenters. The zero-order valence-corrected chi connectivity index (χ0v) is 15.5. The van der Waals surface area contributed by atoms with Gasteiger partial charge in [0.2, 0.25) is 0 Å². The number of unbranched alkanes of at least 4 members (excludes halogenated alkanes) is 2. The lowest BCUT2D eigenvalue weighted by Gasteiger charge is -2.33. The van der Waals surface area contributed by atoms with E-state index in [1.807, 2.05) is 43.3 Å². The van der Waals surface area contributed by atoms with E-state index in [0.717, 1.165) is 24.0 Å². The van der Waals surface area contributed by atoms with Crippen LogP contribution in [-0.2, 0) is 12.1 Å². The molecule has 0 amide bonds. The van der Waals surface area contributed by atoms with Crippen LogP contribution < -0.4 is 0 Å². The zero-order valence-electron chi connectivity index (χ0n) is 15.5. The quantitative estimate of drug-likeness (QED) is 0.497. The van der Waals surface area contributed by atoms with Crippen LogP contribution in [0, 0.1) is 6.92 Å². The lowest BCUT2D eigenvalue weighted by molar-refractivity contribution is 0.135. The van der Waals surface area contributed by atoms with Crippen LogP contribution >= 0.6 is 0 Å². The first-order chi connectivity index (χ1) is 12.6. The number of alkyl halides is 2. The monoisotopic (exact) mass is 352 g/mol. The van der Waals surface area contributed by atoms with Gasteiger partial charge in [-0.05, 0) is 42.5 Å². The molecule has 26 heavy (non-hydrogen) atoms. The fourth-order valence-corrected chi connectivity index (χ4v) is 3.50. The number of halogens is 2. The summed E-state index contributed by atoms with van der Waals surface area (Å²) in [4.78, 5) is 0. The van der Waals surface area contributed by atoms with Crippen molar-refractivity contribution in [1.82, 2.24) is 0 Å². The van der Waals surface area contributed by atoms with Crippen molar-refractivity contribution < 1.29 is 8.78 Å². The molecule has 136 valence electrons.